The number of halogens is 2. The number of rotatable bonds is 10. The van der Waals surface area contributed by atoms with E-state index < -0.39 is 36.5 Å². The number of hydrogen-bond acceptors (Lipinski definition) is 9. The van der Waals surface area contributed by atoms with E-state index in [0.717, 1.165) is 0 Å². The lowest BCUT2D eigenvalue weighted by Gasteiger charge is -2.20. The van der Waals surface area contributed by atoms with E-state index in [9.17, 15) is 24.3 Å². The number of amides is 3. The van der Waals surface area contributed by atoms with Gasteiger partial charge in [-0.15, -0.1) is 0 Å². The Bertz CT molecular complexity index is 1300. The summed E-state index contributed by atoms with van der Waals surface area (Å²) in [6.07, 6.45) is -0.834. The molecule has 0 aromatic heterocycles. The molecule has 214 valence electrons. The summed E-state index contributed by atoms with van der Waals surface area (Å²) in [6, 6.07) is 8.07. The zero-order valence-electron chi connectivity index (χ0n) is 21.8. The standard InChI is InChI=1S/C26H29Cl2N5O7/c1-3-39-22(35)13-20(18-11-16(27)12-19(28)23(18)36)32-21(34)14-30-24(37)15-6-5-7-17(10-15)31-25-29-8-9-33(25)26(38)40-4-2/h5-7,10-12,20,36H,3-4,8-9,13-14H2,1-2H3,(H,29,31)(H,30,37)(H,32,34). The van der Waals surface area contributed by atoms with E-state index in [0.29, 0.717) is 24.7 Å². The molecule has 0 bridgehead atoms. The van der Waals surface area contributed by atoms with Gasteiger partial charge in [0.1, 0.15) is 5.75 Å². The Morgan fingerprint density at radius 1 is 1.10 bits per heavy atom. The zero-order valence-corrected chi connectivity index (χ0v) is 23.3. The summed E-state index contributed by atoms with van der Waals surface area (Å²) >= 11 is 12.1. The van der Waals surface area contributed by atoms with Gasteiger partial charge in [0.2, 0.25) is 11.9 Å². The second kappa shape index (κ2) is 14.4. The fourth-order valence-electron chi connectivity index (χ4n) is 3.79. The summed E-state index contributed by atoms with van der Waals surface area (Å²) in [5.74, 6) is -1.86. The number of esters is 1. The molecular formula is C26H29Cl2N5O7. The van der Waals surface area contributed by atoms with E-state index >= 15 is 0 Å². The fourth-order valence-corrected chi connectivity index (χ4v) is 4.29. The molecule has 1 aliphatic rings. The van der Waals surface area contributed by atoms with Crippen molar-refractivity contribution in [3.63, 3.8) is 0 Å². The van der Waals surface area contributed by atoms with Gasteiger partial charge in [-0.05, 0) is 44.2 Å². The third kappa shape index (κ3) is 8.23. The first kappa shape index (κ1) is 30.5. The molecule has 2 aromatic carbocycles. The van der Waals surface area contributed by atoms with E-state index in [-0.39, 0.29) is 46.6 Å². The molecule has 2 aromatic rings. The van der Waals surface area contributed by atoms with Crippen molar-refractivity contribution in [1.82, 2.24) is 15.5 Å². The molecular weight excluding hydrogens is 565 g/mol. The van der Waals surface area contributed by atoms with Crippen LogP contribution in [0.25, 0.3) is 0 Å². The number of nitrogens with zero attached hydrogens (tertiary/aromatic N) is 2. The minimum Gasteiger partial charge on any atom is -0.506 e. The largest absolute Gasteiger partial charge is 0.506 e. The number of carbonyl (C=O) groups is 4. The molecule has 1 aliphatic heterocycles. The molecule has 0 saturated carbocycles. The Morgan fingerprint density at radius 3 is 2.58 bits per heavy atom. The zero-order chi connectivity index (χ0) is 29.2. The number of benzene rings is 2. The van der Waals surface area contributed by atoms with Crippen LogP contribution in [0.5, 0.6) is 5.75 Å². The van der Waals surface area contributed by atoms with Crippen molar-refractivity contribution < 1.29 is 33.8 Å². The number of aliphatic imine (C=N–C) groups is 1. The normalized spacial score (nSPS) is 13.2. The Labute approximate surface area is 240 Å². The molecule has 0 saturated heterocycles. The van der Waals surface area contributed by atoms with Crippen molar-refractivity contribution in [2.75, 3.05) is 38.2 Å². The number of guanidine groups is 1. The van der Waals surface area contributed by atoms with Crippen molar-refractivity contribution in [2.45, 2.75) is 26.3 Å². The van der Waals surface area contributed by atoms with E-state index in [1.165, 1.54) is 23.1 Å². The molecule has 1 unspecified atom stereocenters. The maximum absolute atomic E-state index is 12.8. The number of ether oxygens (including phenoxy) is 2. The van der Waals surface area contributed by atoms with Crippen LogP contribution in [0, 0.1) is 0 Å². The van der Waals surface area contributed by atoms with E-state index in [2.05, 4.69) is 20.9 Å². The second-order valence-corrected chi connectivity index (χ2v) is 9.24. The first-order valence-corrected chi connectivity index (χ1v) is 13.1. The summed E-state index contributed by atoms with van der Waals surface area (Å²) in [7, 11) is 0. The van der Waals surface area contributed by atoms with Crippen LogP contribution in [0.2, 0.25) is 10.0 Å². The Balaban J connectivity index is 1.64. The van der Waals surface area contributed by atoms with Crippen molar-refractivity contribution in [2.24, 2.45) is 4.99 Å². The SMILES string of the molecule is CCOC(=O)CC(NC(=O)CNC(=O)c1cccc(NC2=NCCN2C(=O)OCC)c1)c1cc(Cl)cc(Cl)c1O. The van der Waals surface area contributed by atoms with Crippen LogP contribution in [0.15, 0.2) is 41.4 Å². The first-order valence-electron chi connectivity index (χ1n) is 12.4. The predicted octanol–water partition coefficient (Wildman–Crippen LogP) is 3.48. The van der Waals surface area contributed by atoms with Gasteiger partial charge in [-0.2, -0.15) is 0 Å². The number of anilines is 1. The fraction of sp³-hybridized carbons (Fsp3) is 0.346. The number of phenols is 1. The van der Waals surface area contributed by atoms with Crippen LogP contribution in [0.4, 0.5) is 10.5 Å². The Kier molecular flexibility index (Phi) is 11.0. The number of nitrogens with one attached hydrogen (secondary N) is 3. The molecule has 1 atom stereocenters. The van der Waals surface area contributed by atoms with Crippen LogP contribution in [-0.2, 0) is 19.1 Å². The quantitative estimate of drug-likeness (QED) is 0.305. The van der Waals surface area contributed by atoms with Gasteiger partial charge in [0, 0.05) is 21.8 Å². The predicted molar refractivity (Wildman–Crippen MR) is 149 cm³/mol. The van der Waals surface area contributed by atoms with Crippen LogP contribution in [0.1, 0.15) is 42.2 Å². The van der Waals surface area contributed by atoms with E-state index in [1.54, 1.807) is 32.0 Å². The van der Waals surface area contributed by atoms with Crippen molar-refractivity contribution in [3.8, 4) is 5.75 Å². The Hall–Kier alpha value is -4.03. The average Bonchev–Trinajstić information content (AvgIpc) is 3.37. The molecule has 0 fully saturated rings. The van der Waals surface area contributed by atoms with Crippen molar-refractivity contribution in [1.29, 1.82) is 0 Å². The summed E-state index contributed by atoms with van der Waals surface area (Å²) in [5, 5.41) is 18.7. The monoisotopic (exact) mass is 593 g/mol. The molecule has 4 N–H and O–H groups in total. The number of hydrogen-bond donors (Lipinski definition) is 4. The highest BCUT2D eigenvalue weighted by atomic mass is 35.5. The topological polar surface area (TPSA) is 159 Å². The average molecular weight is 594 g/mol. The first-order chi connectivity index (χ1) is 19.1. The van der Waals surface area contributed by atoms with Gasteiger partial charge in [-0.3, -0.25) is 19.4 Å². The van der Waals surface area contributed by atoms with Gasteiger partial charge in [-0.25, -0.2) is 9.69 Å². The minimum atomic E-state index is -1.03. The maximum Gasteiger partial charge on any atom is 0.416 e. The van der Waals surface area contributed by atoms with Crippen molar-refractivity contribution in [3.05, 3.63) is 57.6 Å². The Morgan fingerprint density at radius 2 is 1.85 bits per heavy atom. The third-order valence-corrected chi connectivity index (χ3v) is 6.07. The smallest absolute Gasteiger partial charge is 0.416 e. The van der Waals surface area contributed by atoms with E-state index in [1.807, 2.05) is 0 Å². The molecule has 40 heavy (non-hydrogen) atoms. The van der Waals surface area contributed by atoms with Crippen LogP contribution in [-0.4, -0.2) is 72.7 Å². The summed E-state index contributed by atoms with van der Waals surface area (Å²) in [6.45, 7) is 4.03. The lowest BCUT2D eigenvalue weighted by atomic mass is 10.0. The molecule has 14 heteroatoms. The minimum absolute atomic E-state index is 0.0543. The maximum atomic E-state index is 12.8. The molecule has 3 amide bonds. The highest BCUT2D eigenvalue weighted by molar-refractivity contribution is 6.35. The highest BCUT2D eigenvalue weighted by Crippen LogP contribution is 2.36. The number of carbonyl (C=O) groups excluding carboxylic acids is 4. The van der Waals surface area contributed by atoms with Gasteiger partial charge in [0.05, 0.1) is 50.3 Å². The number of aromatic hydroxyl groups is 1. The van der Waals surface area contributed by atoms with E-state index in [4.69, 9.17) is 32.7 Å². The summed E-state index contributed by atoms with van der Waals surface area (Å²) in [4.78, 5) is 55.4. The van der Waals surface area contributed by atoms with Gasteiger partial charge >= 0.3 is 12.1 Å². The lowest BCUT2D eigenvalue weighted by Crippen LogP contribution is -2.39. The molecule has 3 rings (SSSR count). The van der Waals surface area contributed by atoms with Gasteiger partial charge in [0.25, 0.3) is 5.91 Å². The van der Waals surface area contributed by atoms with Crippen LogP contribution >= 0.6 is 23.2 Å². The van der Waals surface area contributed by atoms with Gasteiger partial charge < -0.3 is 30.5 Å². The molecule has 0 aliphatic carbocycles. The highest BCUT2D eigenvalue weighted by Gasteiger charge is 2.26. The molecule has 0 spiro atoms. The number of phenolic OH excluding ortho intramolecular Hbond substituents is 1. The van der Waals surface area contributed by atoms with Crippen molar-refractivity contribution >= 4 is 58.7 Å². The summed E-state index contributed by atoms with van der Waals surface area (Å²) in [5.41, 5.74) is 0.854. The van der Waals surface area contributed by atoms with Gasteiger partial charge in [-0.1, -0.05) is 29.3 Å². The third-order valence-electron chi connectivity index (χ3n) is 5.56. The lowest BCUT2D eigenvalue weighted by molar-refractivity contribution is -0.143. The molecule has 1 heterocycles. The van der Waals surface area contributed by atoms with Crippen LogP contribution in [0.3, 0.4) is 0 Å². The molecule has 12 nitrogen and oxygen atoms in total. The second-order valence-electron chi connectivity index (χ2n) is 8.40. The van der Waals surface area contributed by atoms with Gasteiger partial charge in [0.15, 0.2) is 0 Å². The molecule has 0 radical (unpaired) electrons. The van der Waals surface area contributed by atoms with Crippen LogP contribution < -0.4 is 16.0 Å². The summed E-state index contributed by atoms with van der Waals surface area (Å²) < 4.78 is 10.0.